The number of benzene rings is 1. The van der Waals surface area contributed by atoms with Gasteiger partial charge in [-0.2, -0.15) is 0 Å². The van der Waals surface area contributed by atoms with E-state index in [0.29, 0.717) is 22.8 Å². The van der Waals surface area contributed by atoms with E-state index in [-0.39, 0.29) is 18.1 Å². The number of urea groups is 1. The lowest BCUT2D eigenvalue weighted by molar-refractivity contribution is 0.0556. The van der Waals surface area contributed by atoms with Gasteiger partial charge in [0.2, 0.25) is 0 Å². The Bertz CT molecular complexity index is 1150. The molecule has 1 fully saturated rings. The van der Waals surface area contributed by atoms with Gasteiger partial charge in [-0.1, -0.05) is 18.2 Å². The first kappa shape index (κ1) is 23.3. The minimum atomic E-state index is -0.874. The highest BCUT2D eigenvalue weighted by Crippen LogP contribution is 2.30. The van der Waals surface area contributed by atoms with E-state index in [1.807, 2.05) is 51.1 Å². The molecule has 10 heteroatoms. The number of rotatable bonds is 5. The van der Waals surface area contributed by atoms with Gasteiger partial charge in [0.15, 0.2) is 5.65 Å². The molecule has 34 heavy (non-hydrogen) atoms. The number of imidazole rings is 1. The molecule has 2 aromatic heterocycles. The van der Waals surface area contributed by atoms with Gasteiger partial charge in [0.25, 0.3) is 0 Å². The van der Waals surface area contributed by atoms with Gasteiger partial charge < -0.3 is 26.0 Å². The summed E-state index contributed by atoms with van der Waals surface area (Å²) in [4.78, 5) is 30.2. The van der Waals surface area contributed by atoms with Crippen molar-refractivity contribution in [2.45, 2.75) is 64.1 Å². The van der Waals surface area contributed by atoms with Crippen LogP contribution in [0.5, 0.6) is 0 Å². The van der Waals surface area contributed by atoms with Crippen LogP contribution in [0.1, 0.15) is 46.5 Å². The van der Waals surface area contributed by atoms with E-state index in [0.717, 1.165) is 25.7 Å². The van der Waals surface area contributed by atoms with Gasteiger partial charge >= 0.3 is 12.1 Å². The van der Waals surface area contributed by atoms with Gasteiger partial charge in [-0.3, -0.25) is 0 Å². The summed E-state index contributed by atoms with van der Waals surface area (Å²) in [6, 6.07) is 10.8. The van der Waals surface area contributed by atoms with Gasteiger partial charge in [0.05, 0.1) is 5.69 Å². The third-order valence-corrected chi connectivity index (χ3v) is 5.98. The number of aromatic nitrogens is 3. The molecule has 1 aliphatic carbocycles. The molecule has 3 amide bonds. The van der Waals surface area contributed by atoms with Crippen LogP contribution in [0, 0.1) is 0 Å². The van der Waals surface area contributed by atoms with Crippen LogP contribution >= 0.6 is 0 Å². The normalized spacial score (nSPS) is 18.3. The smallest absolute Gasteiger partial charge is 0.407 e. The van der Waals surface area contributed by atoms with E-state index in [2.05, 4.69) is 26.0 Å². The zero-order chi connectivity index (χ0) is 24.3. The van der Waals surface area contributed by atoms with Crippen LogP contribution in [0.3, 0.4) is 0 Å². The Labute approximate surface area is 198 Å². The zero-order valence-corrected chi connectivity index (χ0v) is 19.7. The first-order chi connectivity index (χ1) is 16.2. The highest BCUT2D eigenvalue weighted by molar-refractivity contribution is 6.02. The van der Waals surface area contributed by atoms with Crippen molar-refractivity contribution in [2.24, 2.45) is 0 Å². The molecule has 1 aliphatic rings. The summed E-state index contributed by atoms with van der Waals surface area (Å²) in [5.74, 6) is 0.620. The topological polar surface area (TPSA) is 124 Å². The van der Waals surface area contributed by atoms with E-state index in [9.17, 15) is 14.7 Å². The Balaban J connectivity index is 1.43. The standard InChI is InChI=1S/C24H31N7O3/c1-24(2,3)31(23(33)34)18-11-9-17(10-12-18)26-20-15-19(21-25-13-14-30(21)29-20)28-22(32)27-16-7-5-4-6-8-16/h4-8,13-15,17-18H,9-12H2,1-3H3,(H,26,29)(H,33,34)(H2,27,28,32)/t17-,18-. The van der Waals surface area contributed by atoms with Crippen molar-refractivity contribution in [3.8, 4) is 0 Å². The Kier molecular flexibility index (Phi) is 6.58. The molecule has 0 spiro atoms. The maximum absolute atomic E-state index is 12.5. The van der Waals surface area contributed by atoms with Crippen LogP contribution < -0.4 is 16.0 Å². The minimum Gasteiger partial charge on any atom is -0.465 e. The molecule has 0 saturated heterocycles. The van der Waals surface area contributed by atoms with Crippen LogP contribution in [0.15, 0.2) is 48.8 Å². The number of para-hydroxylation sites is 1. The number of carbonyl (C=O) groups is 2. The largest absolute Gasteiger partial charge is 0.465 e. The SMILES string of the molecule is CC(C)(C)N(C(=O)O)[C@H]1CC[C@H](Nc2cc(NC(=O)Nc3ccccc3)c3nccn3n2)CC1. The number of hydrogen-bond donors (Lipinski definition) is 4. The van der Waals surface area contributed by atoms with E-state index >= 15 is 0 Å². The summed E-state index contributed by atoms with van der Waals surface area (Å²) in [6.07, 6.45) is 5.69. The van der Waals surface area contributed by atoms with E-state index in [4.69, 9.17) is 0 Å². The van der Waals surface area contributed by atoms with Crippen LogP contribution in [0.25, 0.3) is 5.65 Å². The Morgan fingerprint density at radius 2 is 1.79 bits per heavy atom. The summed E-state index contributed by atoms with van der Waals surface area (Å²) < 4.78 is 1.62. The molecule has 0 aliphatic heterocycles. The highest BCUT2D eigenvalue weighted by atomic mass is 16.4. The van der Waals surface area contributed by atoms with Crippen LogP contribution in [0.2, 0.25) is 0 Å². The van der Waals surface area contributed by atoms with Crippen molar-refractivity contribution < 1.29 is 14.7 Å². The predicted molar refractivity (Wildman–Crippen MR) is 131 cm³/mol. The second kappa shape index (κ2) is 9.58. The van der Waals surface area contributed by atoms with Gasteiger partial charge in [-0.15, -0.1) is 5.10 Å². The maximum Gasteiger partial charge on any atom is 0.407 e. The third-order valence-electron chi connectivity index (χ3n) is 5.98. The average molecular weight is 466 g/mol. The van der Waals surface area contributed by atoms with Crippen LogP contribution in [-0.2, 0) is 0 Å². The molecule has 0 radical (unpaired) electrons. The lowest BCUT2D eigenvalue weighted by Crippen LogP contribution is -2.52. The molecular weight excluding hydrogens is 434 g/mol. The summed E-state index contributed by atoms with van der Waals surface area (Å²) in [6.45, 7) is 5.79. The van der Waals surface area contributed by atoms with Gasteiger partial charge in [-0.25, -0.2) is 19.1 Å². The lowest BCUT2D eigenvalue weighted by Gasteiger charge is -2.42. The van der Waals surface area contributed by atoms with Gasteiger partial charge in [-0.05, 0) is 58.6 Å². The second-order valence-corrected chi connectivity index (χ2v) is 9.56. The number of hydrogen-bond acceptors (Lipinski definition) is 5. The van der Waals surface area contributed by atoms with Crippen molar-refractivity contribution >= 4 is 35.0 Å². The number of fused-ring (bicyclic) bond motifs is 1. The van der Waals surface area contributed by atoms with Gasteiger partial charge in [0.1, 0.15) is 5.82 Å². The minimum absolute atomic E-state index is 0.00134. The number of carboxylic acid groups (broad SMARTS) is 1. The van der Waals surface area contributed by atoms with Crippen molar-refractivity contribution in [3.05, 3.63) is 48.8 Å². The number of amides is 3. The molecule has 0 bridgehead atoms. The molecule has 180 valence electrons. The number of nitrogens with one attached hydrogen (secondary N) is 3. The number of carbonyl (C=O) groups excluding carboxylic acids is 1. The highest BCUT2D eigenvalue weighted by Gasteiger charge is 2.35. The summed E-state index contributed by atoms with van der Waals surface area (Å²) in [5, 5.41) is 23.4. The first-order valence-electron chi connectivity index (χ1n) is 11.5. The van der Waals surface area contributed by atoms with E-state index in [1.165, 1.54) is 0 Å². The molecular formula is C24H31N7O3. The quantitative estimate of drug-likeness (QED) is 0.426. The molecule has 0 atom stereocenters. The van der Waals surface area contributed by atoms with E-state index < -0.39 is 11.6 Å². The molecule has 4 rings (SSSR count). The Morgan fingerprint density at radius 1 is 1.09 bits per heavy atom. The van der Waals surface area contributed by atoms with Crippen molar-refractivity contribution in [1.82, 2.24) is 19.5 Å². The van der Waals surface area contributed by atoms with Crippen LogP contribution in [-0.4, -0.2) is 54.4 Å². The molecule has 4 N–H and O–H groups in total. The van der Waals surface area contributed by atoms with Gasteiger partial charge in [0, 0.05) is 41.8 Å². The van der Waals surface area contributed by atoms with Crippen molar-refractivity contribution in [3.63, 3.8) is 0 Å². The predicted octanol–water partition coefficient (Wildman–Crippen LogP) is 4.87. The average Bonchev–Trinajstić information content (AvgIpc) is 3.23. The second-order valence-electron chi connectivity index (χ2n) is 9.56. The summed E-state index contributed by atoms with van der Waals surface area (Å²) in [5.41, 5.74) is 1.33. The fourth-order valence-electron chi connectivity index (χ4n) is 4.56. The fourth-order valence-corrected chi connectivity index (χ4v) is 4.56. The monoisotopic (exact) mass is 465 g/mol. The molecule has 0 unspecified atom stereocenters. The van der Waals surface area contributed by atoms with Crippen molar-refractivity contribution in [2.75, 3.05) is 16.0 Å². The molecule has 1 aromatic carbocycles. The zero-order valence-electron chi connectivity index (χ0n) is 19.7. The molecule has 3 aromatic rings. The molecule has 1 saturated carbocycles. The summed E-state index contributed by atoms with van der Waals surface area (Å²) >= 11 is 0. The molecule has 10 nitrogen and oxygen atoms in total. The number of anilines is 3. The Morgan fingerprint density at radius 3 is 2.44 bits per heavy atom. The van der Waals surface area contributed by atoms with E-state index in [1.54, 1.807) is 27.9 Å². The maximum atomic E-state index is 12.5. The summed E-state index contributed by atoms with van der Waals surface area (Å²) in [7, 11) is 0. The third kappa shape index (κ3) is 5.38. The fraction of sp³-hybridized carbons (Fsp3) is 0.417. The Hall–Kier alpha value is -3.82. The van der Waals surface area contributed by atoms with Crippen molar-refractivity contribution in [1.29, 1.82) is 0 Å². The molecule has 2 heterocycles. The number of nitrogens with zero attached hydrogens (tertiary/aromatic N) is 4. The van der Waals surface area contributed by atoms with Crippen LogP contribution in [0.4, 0.5) is 26.8 Å². The lowest BCUT2D eigenvalue weighted by atomic mass is 9.88. The first-order valence-corrected chi connectivity index (χ1v) is 11.5.